The van der Waals surface area contributed by atoms with E-state index < -0.39 is 25.9 Å². The summed E-state index contributed by atoms with van der Waals surface area (Å²) in [5.41, 5.74) is 1.75. The molecule has 1 aliphatic heterocycles. The summed E-state index contributed by atoms with van der Waals surface area (Å²) in [7, 11) is -7.04. The van der Waals surface area contributed by atoms with Crippen molar-refractivity contribution in [3.63, 3.8) is 0 Å². The number of amides is 1. The first-order valence-electron chi connectivity index (χ1n) is 9.59. The lowest BCUT2D eigenvalue weighted by molar-refractivity contribution is 0.102. The Kier molecular flexibility index (Phi) is 5.69. The van der Waals surface area contributed by atoms with Crippen molar-refractivity contribution in [1.29, 1.82) is 0 Å². The molecule has 10 heteroatoms. The highest BCUT2D eigenvalue weighted by Crippen LogP contribution is 2.19. The molecule has 1 aromatic heterocycles. The van der Waals surface area contributed by atoms with E-state index in [2.05, 4.69) is 10.0 Å². The number of sulfonamides is 1. The lowest BCUT2D eigenvalue weighted by atomic mass is 10.2. The van der Waals surface area contributed by atoms with Gasteiger partial charge in [0, 0.05) is 35.4 Å². The van der Waals surface area contributed by atoms with Gasteiger partial charge in [0.1, 0.15) is 0 Å². The van der Waals surface area contributed by atoms with Crippen molar-refractivity contribution in [1.82, 2.24) is 9.29 Å². The molecule has 0 aliphatic carbocycles. The van der Waals surface area contributed by atoms with E-state index in [1.165, 1.54) is 24.3 Å². The van der Waals surface area contributed by atoms with E-state index in [1.54, 1.807) is 18.2 Å². The average molecular weight is 460 g/mol. The van der Waals surface area contributed by atoms with E-state index in [4.69, 9.17) is 0 Å². The van der Waals surface area contributed by atoms with Crippen LogP contribution in [0.2, 0.25) is 0 Å². The van der Waals surface area contributed by atoms with Gasteiger partial charge in [-0.1, -0.05) is 6.07 Å². The maximum absolute atomic E-state index is 12.6. The van der Waals surface area contributed by atoms with Crippen molar-refractivity contribution in [2.24, 2.45) is 0 Å². The molecule has 2 heterocycles. The molecule has 4 rings (SSSR count). The lowest BCUT2D eigenvalue weighted by Gasteiger charge is -2.12. The van der Waals surface area contributed by atoms with Crippen LogP contribution in [-0.4, -0.2) is 44.9 Å². The summed E-state index contributed by atoms with van der Waals surface area (Å²) in [6, 6.07) is 16.0. The lowest BCUT2D eigenvalue weighted by Crippen LogP contribution is -2.35. The Labute approximate surface area is 180 Å². The minimum Gasteiger partial charge on any atom is -0.324 e. The molecule has 1 atom stereocenters. The van der Waals surface area contributed by atoms with Crippen molar-refractivity contribution in [2.45, 2.75) is 17.4 Å². The Morgan fingerprint density at radius 2 is 1.71 bits per heavy atom. The number of aromatic nitrogens is 1. The summed E-state index contributed by atoms with van der Waals surface area (Å²) in [6.45, 7) is 0. The first-order chi connectivity index (χ1) is 14.7. The van der Waals surface area contributed by atoms with Gasteiger partial charge in [-0.25, -0.2) is 21.6 Å². The standard InChI is InChI=1S/C21H21N3O5S2/c25-21(16-4-3-5-19(14-16)24-11-1-2-12-24)22-17-6-8-20(9-7-17)31(28,29)23-18-10-13-30(26,27)15-18/h1-9,11-12,14,18,23H,10,13,15H2,(H,22,25). The molecular formula is C21H21N3O5S2. The van der Waals surface area contributed by atoms with Gasteiger partial charge in [0.25, 0.3) is 5.91 Å². The molecule has 0 radical (unpaired) electrons. The number of rotatable bonds is 6. The molecule has 162 valence electrons. The molecule has 2 aromatic carbocycles. The fraction of sp³-hybridized carbons (Fsp3) is 0.190. The molecule has 31 heavy (non-hydrogen) atoms. The van der Waals surface area contributed by atoms with Crippen molar-refractivity contribution in [3.05, 3.63) is 78.6 Å². The smallest absolute Gasteiger partial charge is 0.255 e. The van der Waals surface area contributed by atoms with Gasteiger partial charge in [-0.2, -0.15) is 0 Å². The molecule has 3 aromatic rings. The third-order valence-electron chi connectivity index (χ3n) is 4.99. The van der Waals surface area contributed by atoms with Gasteiger partial charge in [-0.3, -0.25) is 4.79 Å². The quantitative estimate of drug-likeness (QED) is 0.587. The average Bonchev–Trinajstić information content (AvgIpc) is 3.38. The highest BCUT2D eigenvalue weighted by atomic mass is 32.2. The fourth-order valence-electron chi connectivity index (χ4n) is 3.41. The first kappa shape index (κ1) is 21.3. The zero-order chi connectivity index (χ0) is 22.1. The topological polar surface area (TPSA) is 114 Å². The largest absolute Gasteiger partial charge is 0.324 e. The highest BCUT2D eigenvalue weighted by molar-refractivity contribution is 7.92. The van der Waals surface area contributed by atoms with Crippen molar-refractivity contribution < 1.29 is 21.6 Å². The van der Waals surface area contributed by atoms with Crippen LogP contribution in [0, 0.1) is 0 Å². The number of hydrogen-bond acceptors (Lipinski definition) is 5. The van der Waals surface area contributed by atoms with Crippen LogP contribution >= 0.6 is 0 Å². The fourth-order valence-corrected chi connectivity index (χ4v) is 6.46. The Bertz CT molecular complexity index is 1300. The number of anilines is 1. The Morgan fingerprint density at radius 1 is 1.00 bits per heavy atom. The molecule has 1 amide bonds. The van der Waals surface area contributed by atoms with E-state index >= 15 is 0 Å². The molecule has 2 N–H and O–H groups in total. The molecule has 0 bridgehead atoms. The van der Waals surface area contributed by atoms with Gasteiger partial charge in [0.05, 0.1) is 16.4 Å². The van der Waals surface area contributed by atoms with Crippen LogP contribution in [0.4, 0.5) is 5.69 Å². The van der Waals surface area contributed by atoms with Gasteiger partial charge in [-0.05, 0) is 61.0 Å². The third kappa shape index (κ3) is 5.04. The second kappa shape index (κ2) is 8.29. The maximum Gasteiger partial charge on any atom is 0.255 e. The summed E-state index contributed by atoms with van der Waals surface area (Å²) in [5, 5.41) is 2.75. The van der Waals surface area contributed by atoms with Crippen molar-refractivity contribution >= 4 is 31.5 Å². The SMILES string of the molecule is O=C(Nc1ccc(S(=O)(=O)NC2CCS(=O)(=O)C2)cc1)c1cccc(-n2cccc2)c1. The van der Waals surface area contributed by atoms with E-state index in [9.17, 15) is 21.6 Å². The molecule has 0 spiro atoms. The molecule has 1 saturated heterocycles. The number of hydrogen-bond donors (Lipinski definition) is 2. The molecule has 1 aliphatic rings. The zero-order valence-electron chi connectivity index (χ0n) is 16.4. The van der Waals surface area contributed by atoms with Crippen LogP contribution in [0.25, 0.3) is 5.69 Å². The Hall–Kier alpha value is -2.95. The van der Waals surface area contributed by atoms with Crippen LogP contribution in [0.1, 0.15) is 16.8 Å². The van der Waals surface area contributed by atoms with Crippen LogP contribution in [0.3, 0.4) is 0 Å². The number of benzene rings is 2. The number of carbonyl (C=O) groups excluding carboxylic acids is 1. The second-order valence-electron chi connectivity index (χ2n) is 7.34. The number of sulfone groups is 1. The predicted molar refractivity (Wildman–Crippen MR) is 118 cm³/mol. The second-order valence-corrected chi connectivity index (χ2v) is 11.3. The van der Waals surface area contributed by atoms with E-state index in [1.807, 2.05) is 35.2 Å². The zero-order valence-corrected chi connectivity index (χ0v) is 18.1. The molecule has 8 nitrogen and oxygen atoms in total. The van der Waals surface area contributed by atoms with Crippen LogP contribution in [0.5, 0.6) is 0 Å². The minimum absolute atomic E-state index is 0.00408. The monoisotopic (exact) mass is 459 g/mol. The van der Waals surface area contributed by atoms with Crippen molar-refractivity contribution in [2.75, 3.05) is 16.8 Å². The van der Waals surface area contributed by atoms with Gasteiger partial charge < -0.3 is 9.88 Å². The molecule has 1 fully saturated rings. The minimum atomic E-state index is -3.85. The van der Waals surface area contributed by atoms with Gasteiger partial charge in [0.15, 0.2) is 9.84 Å². The summed E-state index contributed by atoms with van der Waals surface area (Å²) in [5.74, 6) is -0.530. The summed E-state index contributed by atoms with van der Waals surface area (Å²) >= 11 is 0. The number of nitrogens with one attached hydrogen (secondary N) is 2. The van der Waals surface area contributed by atoms with Gasteiger partial charge in [-0.15, -0.1) is 0 Å². The first-order valence-corrected chi connectivity index (χ1v) is 12.9. The highest BCUT2D eigenvalue weighted by Gasteiger charge is 2.31. The van der Waals surface area contributed by atoms with E-state index in [0.29, 0.717) is 11.3 Å². The summed E-state index contributed by atoms with van der Waals surface area (Å²) < 4.78 is 52.4. The molecular weight excluding hydrogens is 438 g/mol. The van der Waals surface area contributed by atoms with E-state index in [0.717, 1.165) is 5.69 Å². The van der Waals surface area contributed by atoms with E-state index in [-0.39, 0.29) is 28.7 Å². The van der Waals surface area contributed by atoms with Gasteiger partial charge >= 0.3 is 0 Å². The summed E-state index contributed by atoms with van der Waals surface area (Å²) in [4.78, 5) is 12.6. The molecule has 0 saturated carbocycles. The van der Waals surface area contributed by atoms with Crippen LogP contribution in [-0.2, 0) is 19.9 Å². The van der Waals surface area contributed by atoms with Gasteiger partial charge in [0.2, 0.25) is 10.0 Å². The number of nitrogens with zero attached hydrogens (tertiary/aromatic N) is 1. The number of carbonyl (C=O) groups is 1. The van der Waals surface area contributed by atoms with Crippen LogP contribution in [0.15, 0.2) is 78.0 Å². The maximum atomic E-state index is 12.6. The Balaban J connectivity index is 1.44. The normalized spacial score (nSPS) is 18.0. The van der Waals surface area contributed by atoms with Crippen molar-refractivity contribution in [3.8, 4) is 5.69 Å². The predicted octanol–water partition coefficient (Wildman–Crippen LogP) is 2.19. The molecule has 1 unspecified atom stereocenters. The summed E-state index contributed by atoms with van der Waals surface area (Å²) in [6.07, 6.45) is 4.02. The third-order valence-corrected chi connectivity index (χ3v) is 8.29. The van der Waals surface area contributed by atoms with Crippen LogP contribution < -0.4 is 10.0 Å². The Morgan fingerprint density at radius 3 is 2.35 bits per heavy atom.